The van der Waals surface area contributed by atoms with E-state index in [9.17, 15) is 9.59 Å². The number of hydrogen-bond donors (Lipinski definition) is 1. The number of amides is 1. The van der Waals surface area contributed by atoms with E-state index < -0.39 is 5.92 Å². The molecule has 1 aliphatic heterocycles. The molecule has 2 heterocycles. The van der Waals surface area contributed by atoms with E-state index in [-0.39, 0.29) is 18.1 Å². The summed E-state index contributed by atoms with van der Waals surface area (Å²) in [6.45, 7) is 1.83. The van der Waals surface area contributed by atoms with E-state index in [4.69, 9.17) is 14.2 Å². The molecule has 2 aromatic carbocycles. The summed E-state index contributed by atoms with van der Waals surface area (Å²) in [6, 6.07) is 12.4. The topological polar surface area (TPSA) is 91.7 Å². The highest BCUT2D eigenvalue weighted by atomic mass is 16.5. The van der Waals surface area contributed by atoms with Gasteiger partial charge in [-0.1, -0.05) is 0 Å². The Labute approximate surface area is 179 Å². The molecule has 1 unspecified atom stereocenters. The molecule has 8 heteroatoms. The van der Waals surface area contributed by atoms with Crippen LogP contribution in [0, 0.1) is 6.92 Å². The lowest BCUT2D eigenvalue weighted by Gasteiger charge is -2.24. The molecule has 31 heavy (non-hydrogen) atoms. The largest absolute Gasteiger partial charge is 0.497 e. The number of carbonyl (C=O) groups is 2. The SMILES string of the molecule is COc1ccc(-n2nc(C)c3c2NC(=O)CC3C(=O)c2cc(OC)ccc2OC)cc1. The van der Waals surface area contributed by atoms with Crippen molar-refractivity contribution < 1.29 is 23.8 Å². The van der Waals surface area contributed by atoms with Gasteiger partial charge in [-0.2, -0.15) is 5.10 Å². The molecule has 4 rings (SSSR count). The molecule has 8 nitrogen and oxygen atoms in total. The van der Waals surface area contributed by atoms with Gasteiger partial charge in [0.1, 0.15) is 23.1 Å². The number of methoxy groups -OCH3 is 3. The van der Waals surface area contributed by atoms with Gasteiger partial charge in [0.2, 0.25) is 5.91 Å². The fourth-order valence-electron chi connectivity index (χ4n) is 3.88. The van der Waals surface area contributed by atoms with E-state index in [0.29, 0.717) is 39.9 Å². The van der Waals surface area contributed by atoms with Crippen LogP contribution in [0.4, 0.5) is 5.82 Å². The second-order valence-electron chi connectivity index (χ2n) is 7.19. The average Bonchev–Trinajstić information content (AvgIpc) is 3.13. The number of hydrogen-bond acceptors (Lipinski definition) is 6. The highest BCUT2D eigenvalue weighted by Crippen LogP contribution is 2.40. The Bertz CT molecular complexity index is 1150. The first kappa shape index (κ1) is 20.5. The van der Waals surface area contributed by atoms with Crippen molar-refractivity contribution in [2.24, 2.45) is 0 Å². The Morgan fingerprint density at radius 1 is 1.03 bits per heavy atom. The van der Waals surface area contributed by atoms with Crippen LogP contribution in [0.3, 0.4) is 0 Å². The Morgan fingerprint density at radius 2 is 1.71 bits per heavy atom. The summed E-state index contributed by atoms with van der Waals surface area (Å²) < 4.78 is 17.5. The van der Waals surface area contributed by atoms with Gasteiger partial charge in [-0.15, -0.1) is 0 Å². The molecule has 0 fully saturated rings. The standard InChI is InChI=1S/C23H23N3O5/c1-13-21-18(22(28)17-11-16(30-3)9-10-19(17)31-4)12-20(27)24-23(21)26(25-13)14-5-7-15(29-2)8-6-14/h5-11,18H,12H2,1-4H3,(H,24,27). The van der Waals surface area contributed by atoms with E-state index in [1.807, 2.05) is 31.2 Å². The molecule has 0 bridgehead atoms. The van der Waals surface area contributed by atoms with E-state index in [0.717, 1.165) is 5.69 Å². The zero-order valence-corrected chi connectivity index (χ0v) is 17.8. The van der Waals surface area contributed by atoms with Crippen molar-refractivity contribution in [3.05, 3.63) is 59.3 Å². The lowest BCUT2D eigenvalue weighted by molar-refractivity contribution is -0.116. The first-order chi connectivity index (χ1) is 15.0. The van der Waals surface area contributed by atoms with E-state index >= 15 is 0 Å². The average molecular weight is 421 g/mol. The van der Waals surface area contributed by atoms with E-state index in [2.05, 4.69) is 10.4 Å². The van der Waals surface area contributed by atoms with Gasteiger partial charge >= 0.3 is 0 Å². The van der Waals surface area contributed by atoms with E-state index in [1.165, 1.54) is 14.2 Å². The molecule has 1 amide bonds. The summed E-state index contributed by atoms with van der Waals surface area (Å²) in [5.41, 5.74) is 2.48. The molecule has 1 aliphatic rings. The van der Waals surface area contributed by atoms with Crippen molar-refractivity contribution in [3.8, 4) is 22.9 Å². The molecule has 3 aromatic rings. The van der Waals surface area contributed by atoms with Crippen molar-refractivity contribution >= 4 is 17.5 Å². The maximum Gasteiger partial charge on any atom is 0.226 e. The monoisotopic (exact) mass is 421 g/mol. The number of carbonyl (C=O) groups excluding carboxylic acids is 2. The molecule has 1 N–H and O–H groups in total. The zero-order chi connectivity index (χ0) is 22.1. The minimum absolute atomic E-state index is 0.0291. The molecule has 0 spiro atoms. The third kappa shape index (κ3) is 3.61. The van der Waals surface area contributed by atoms with Crippen LogP contribution >= 0.6 is 0 Å². The number of aryl methyl sites for hydroxylation is 1. The molecular formula is C23H23N3O5. The molecule has 160 valence electrons. The van der Waals surface area contributed by atoms with Crippen LogP contribution in [0.1, 0.15) is 34.0 Å². The zero-order valence-electron chi connectivity index (χ0n) is 17.8. The number of rotatable bonds is 6. The highest BCUT2D eigenvalue weighted by molar-refractivity contribution is 6.09. The lowest BCUT2D eigenvalue weighted by Crippen LogP contribution is -2.28. The summed E-state index contributed by atoms with van der Waals surface area (Å²) >= 11 is 0. The van der Waals surface area contributed by atoms with Gasteiger partial charge in [0.25, 0.3) is 0 Å². The Kier molecular flexibility index (Phi) is 5.37. The van der Waals surface area contributed by atoms with Crippen LogP contribution in [-0.2, 0) is 4.79 Å². The minimum atomic E-state index is -0.684. The predicted octanol–water partition coefficient (Wildman–Crippen LogP) is 3.52. The Balaban J connectivity index is 1.80. The normalized spacial score (nSPS) is 15.1. The molecule has 0 radical (unpaired) electrons. The second-order valence-corrected chi connectivity index (χ2v) is 7.19. The summed E-state index contributed by atoms with van der Waals surface area (Å²) in [4.78, 5) is 26.1. The van der Waals surface area contributed by atoms with Gasteiger partial charge in [-0.05, 0) is 49.4 Å². The second kappa shape index (κ2) is 8.14. The van der Waals surface area contributed by atoms with Crippen LogP contribution < -0.4 is 19.5 Å². The maximum absolute atomic E-state index is 13.6. The van der Waals surface area contributed by atoms with Gasteiger partial charge in [-0.25, -0.2) is 4.68 Å². The number of aromatic nitrogens is 2. The quantitative estimate of drug-likeness (QED) is 0.613. The van der Waals surface area contributed by atoms with Crippen molar-refractivity contribution in [1.29, 1.82) is 0 Å². The number of nitrogens with one attached hydrogen (secondary N) is 1. The Morgan fingerprint density at radius 3 is 2.35 bits per heavy atom. The minimum Gasteiger partial charge on any atom is -0.497 e. The summed E-state index contributed by atoms with van der Waals surface area (Å²) in [5.74, 6) is 1.03. The summed E-state index contributed by atoms with van der Waals surface area (Å²) in [5, 5.41) is 7.49. The van der Waals surface area contributed by atoms with Crippen molar-refractivity contribution in [1.82, 2.24) is 9.78 Å². The van der Waals surface area contributed by atoms with Gasteiger partial charge in [0.05, 0.1) is 44.2 Å². The van der Waals surface area contributed by atoms with Crippen LogP contribution in [-0.4, -0.2) is 42.8 Å². The van der Waals surface area contributed by atoms with Gasteiger partial charge in [0.15, 0.2) is 5.78 Å². The number of Topliss-reactive ketones (excluding diaryl/α,β-unsaturated/α-hetero) is 1. The van der Waals surface area contributed by atoms with Crippen molar-refractivity contribution in [2.45, 2.75) is 19.3 Å². The molecule has 0 aliphatic carbocycles. The van der Waals surface area contributed by atoms with Crippen molar-refractivity contribution in [2.75, 3.05) is 26.6 Å². The predicted molar refractivity (Wildman–Crippen MR) is 115 cm³/mol. The Hall–Kier alpha value is -3.81. The first-order valence-electron chi connectivity index (χ1n) is 9.76. The van der Waals surface area contributed by atoms with Crippen LogP contribution in [0.25, 0.3) is 5.69 Å². The molecule has 0 saturated heterocycles. The van der Waals surface area contributed by atoms with E-state index in [1.54, 1.807) is 30.0 Å². The summed E-state index contributed by atoms with van der Waals surface area (Å²) in [7, 11) is 4.63. The maximum atomic E-state index is 13.6. The number of ketones is 1. The van der Waals surface area contributed by atoms with Crippen LogP contribution in [0.5, 0.6) is 17.2 Å². The van der Waals surface area contributed by atoms with Gasteiger partial charge < -0.3 is 19.5 Å². The van der Waals surface area contributed by atoms with Gasteiger partial charge in [-0.3, -0.25) is 9.59 Å². The fourth-order valence-corrected chi connectivity index (χ4v) is 3.88. The number of fused-ring (bicyclic) bond motifs is 1. The number of ether oxygens (including phenoxy) is 3. The third-order valence-electron chi connectivity index (χ3n) is 5.41. The van der Waals surface area contributed by atoms with Gasteiger partial charge in [0, 0.05) is 12.0 Å². The van der Waals surface area contributed by atoms with Crippen LogP contribution in [0.15, 0.2) is 42.5 Å². The smallest absolute Gasteiger partial charge is 0.226 e. The fraction of sp³-hybridized carbons (Fsp3) is 0.261. The third-order valence-corrected chi connectivity index (χ3v) is 5.41. The van der Waals surface area contributed by atoms with Crippen molar-refractivity contribution in [3.63, 3.8) is 0 Å². The number of anilines is 1. The lowest BCUT2D eigenvalue weighted by atomic mass is 9.85. The van der Waals surface area contributed by atoms with Crippen LogP contribution in [0.2, 0.25) is 0 Å². The molecule has 1 atom stereocenters. The number of nitrogens with zero attached hydrogens (tertiary/aromatic N) is 2. The molecular weight excluding hydrogens is 398 g/mol. The number of benzene rings is 2. The molecule has 0 saturated carbocycles. The molecule has 1 aromatic heterocycles. The highest BCUT2D eigenvalue weighted by Gasteiger charge is 2.37. The first-order valence-corrected chi connectivity index (χ1v) is 9.76. The summed E-state index contributed by atoms with van der Waals surface area (Å²) in [6.07, 6.45) is 0.0291.